The van der Waals surface area contributed by atoms with E-state index in [0.29, 0.717) is 5.41 Å². The van der Waals surface area contributed by atoms with Crippen molar-refractivity contribution in [2.24, 2.45) is 17.3 Å². The van der Waals surface area contributed by atoms with E-state index in [9.17, 15) is 0 Å². The lowest BCUT2D eigenvalue weighted by Crippen LogP contribution is -2.34. The molecule has 1 aromatic carbocycles. The summed E-state index contributed by atoms with van der Waals surface area (Å²) < 4.78 is 0. The number of hydrogen-bond donors (Lipinski definition) is 1. The van der Waals surface area contributed by atoms with Crippen molar-refractivity contribution in [2.45, 2.75) is 59.8 Å². The second-order valence-corrected chi connectivity index (χ2v) is 8.14. The van der Waals surface area contributed by atoms with Crippen LogP contribution in [0.5, 0.6) is 0 Å². The number of benzene rings is 1. The van der Waals surface area contributed by atoms with Gasteiger partial charge in [-0.05, 0) is 86.6 Å². The second-order valence-electron chi connectivity index (χ2n) is 8.14. The lowest BCUT2D eigenvalue weighted by molar-refractivity contribution is 0.130. The molecule has 1 aliphatic rings. The van der Waals surface area contributed by atoms with Crippen LogP contribution >= 0.6 is 0 Å². The SMILES string of the molecule is CNCC1CCC(C(C)(C)C)CC1c1ccc(C)c(C)c1. The first kappa shape index (κ1) is 16.5. The van der Waals surface area contributed by atoms with E-state index in [-0.39, 0.29) is 0 Å². The van der Waals surface area contributed by atoms with Gasteiger partial charge in [-0.2, -0.15) is 0 Å². The molecule has 3 unspecified atom stereocenters. The van der Waals surface area contributed by atoms with Gasteiger partial charge in [0, 0.05) is 0 Å². The molecule has 0 spiro atoms. The smallest absolute Gasteiger partial charge is 0.00177 e. The van der Waals surface area contributed by atoms with Crippen LogP contribution in [0, 0.1) is 31.1 Å². The molecule has 1 aliphatic carbocycles. The molecule has 0 aliphatic heterocycles. The van der Waals surface area contributed by atoms with Gasteiger partial charge in [-0.1, -0.05) is 39.0 Å². The fraction of sp³-hybridized carbons (Fsp3) is 0.700. The first-order chi connectivity index (χ1) is 9.82. The molecule has 0 aromatic heterocycles. The number of hydrogen-bond acceptors (Lipinski definition) is 1. The first-order valence-corrected chi connectivity index (χ1v) is 8.54. The minimum absolute atomic E-state index is 0.433. The van der Waals surface area contributed by atoms with Crippen molar-refractivity contribution < 1.29 is 0 Å². The van der Waals surface area contributed by atoms with E-state index in [2.05, 4.69) is 65.2 Å². The molecule has 0 radical (unpaired) electrons. The number of aryl methyl sites for hydroxylation is 2. The van der Waals surface area contributed by atoms with Crippen LogP contribution in [0.25, 0.3) is 0 Å². The Kier molecular flexibility index (Phi) is 5.14. The molecule has 21 heavy (non-hydrogen) atoms. The molecule has 0 heterocycles. The molecule has 0 amide bonds. The lowest BCUT2D eigenvalue weighted by atomic mass is 9.64. The van der Waals surface area contributed by atoms with Gasteiger partial charge in [0.05, 0.1) is 0 Å². The van der Waals surface area contributed by atoms with Crippen LogP contribution in [0.4, 0.5) is 0 Å². The van der Waals surface area contributed by atoms with E-state index in [0.717, 1.165) is 24.3 Å². The topological polar surface area (TPSA) is 12.0 Å². The summed E-state index contributed by atoms with van der Waals surface area (Å²) in [4.78, 5) is 0. The van der Waals surface area contributed by atoms with Crippen molar-refractivity contribution >= 4 is 0 Å². The van der Waals surface area contributed by atoms with Crippen LogP contribution in [0.15, 0.2) is 18.2 Å². The van der Waals surface area contributed by atoms with Crippen LogP contribution in [0.2, 0.25) is 0 Å². The van der Waals surface area contributed by atoms with Crippen LogP contribution in [0.3, 0.4) is 0 Å². The normalized spacial score (nSPS) is 26.9. The summed E-state index contributed by atoms with van der Waals surface area (Å²) in [6.07, 6.45) is 4.09. The fourth-order valence-corrected chi connectivity index (χ4v) is 3.93. The zero-order valence-corrected chi connectivity index (χ0v) is 14.8. The maximum atomic E-state index is 3.42. The van der Waals surface area contributed by atoms with Crippen molar-refractivity contribution in [1.82, 2.24) is 5.32 Å². The molecule has 118 valence electrons. The van der Waals surface area contributed by atoms with Gasteiger partial charge < -0.3 is 5.32 Å². The summed E-state index contributed by atoms with van der Waals surface area (Å²) in [5.41, 5.74) is 4.84. The summed E-state index contributed by atoms with van der Waals surface area (Å²) >= 11 is 0. The summed E-state index contributed by atoms with van der Waals surface area (Å²) in [6.45, 7) is 12.8. The Hall–Kier alpha value is -0.820. The molecule has 1 aromatic rings. The summed E-state index contributed by atoms with van der Waals surface area (Å²) in [5, 5.41) is 3.42. The van der Waals surface area contributed by atoms with Crippen molar-refractivity contribution in [3.8, 4) is 0 Å². The lowest BCUT2D eigenvalue weighted by Gasteiger charge is -2.42. The van der Waals surface area contributed by atoms with Gasteiger partial charge in [-0.25, -0.2) is 0 Å². The predicted octanol–water partition coefficient (Wildman–Crippen LogP) is 5.07. The van der Waals surface area contributed by atoms with Gasteiger partial charge in [-0.15, -0.1) is 0 Å². The van der Waals surface area contributed by atoms with Crippen LogP contribution in [0.1, 0.15) is 62.6 Å². The van der Waals surface area contributed by atoms with Gasteiger partial charge in [0.1, 0.15) is 0 Å². The molecule has 1 saturated carbocycles. The van der Waals surface area contributed by atoms with Gasteiger partial charge >= 0.3 is 0 Å². The number of nitrogens with one attached hydrogen (secondary N) is 1. The first-order valence-electron chi connectivity index (χ1n) is 8.54. The van der Waals surface area contributed by atoms with Crippen molar-refractivity contribution in [3.05, 3.63) is 34.9 Å². The van der Waals surface area contributed by atoms with Gasteiger partial charge in [0.2, 0.25) is 0 Å². The van der Waals surface area contributed by atoms with Gasteiger partial charge in [-0.3, -0.25) is 0 Å². The molecule has 3 atom stereocenters. The standard InChI is InChI=1S/C20H33N/c1-14-7-8-16(11-15(14)2)19-12-18(20(3,4)5)10-9-17(19)13-21-6/h7-8,11,17-19,21H,9-10,12-13H2,1-6H3. The van der Waals surface area contributed by atoms with Crippen LogP contribution in [-0.4, -0.2) is 13.6 Å². The molecule has 1 heteroatoms. The largest absolute Gasteiger partial charge is 0.319 e. The molecule has 2 rings (SSSR count). The minimum atomic E-state index is 0.433. The average Bonchev–Trinajstić information content (AvgIpc) is 2.41. The molecule has 0 bridgehead atoms. The maximum absolute atomic E-state index is 3.42. The van der Waals surface area contributed by atoms with Crippen LogP contribution in [-0.2, 0) is 0 Å². The summed E-state index contributed by atoms with van der Waals surface area (Å²) in [7, 11) is 2.09. The molecule has 1 N–H and O–H groups in total. The fourth-order valence-electron chi connectivity index (χ4n) is 3.93. The van der Waals surface area contributed by atoms with Crippen molar-refractivity contribution in [1.29, 1.82) is 0 Å². The molecule has 1 nitrogen and oxygen atoms in total. The monoisotopic (exact) mass is 287 g/mol. The molecule has 0 saturated heterocycles. The minimum Gasteiger partial charge on any atom is -0.319 e. The third-order valence-corrected chi connectivity index (χ3v) is 5.64. The third kappa shape index (κ3) is 3.88. The Morgan fingerprint density at radius 3 is 2.38 bits per heavy atom. The zero-order valence-electron chi connectivity index (χ0n) is 14.8. The maximum Gasteiger partial charge on any atom is -0.00177 e. The van der Waals surface area contributed by atoms with E-state index < -0.39 is 0 Å². The zero-order chi connectivity index (χ0) is 15.6. The Labute approximate surface area is 131 Å². The average molecular weight is 287 g/mol. The Balaban J connectivity index is 2.26. The molecular weight excluding hydrogens is 254 g/mol. The van der Waals surface area contributed by atoms with Crippen molar-refractivity contribution in [2.75, 3.05) is 13.6 Å². The second kappa shape index (κ2) is 6.52. The Bertz CT molecular complexity index is 469. The van der Waals surface area contributed by atoms with E-state index in [1.54, 1.807) is 5.56 Å². The van der Waals surface area contributed by atoms with E-state index in [1.165, 1.54) is 30.4 Å². The Morgan fingerprint density at radius 1 is 1.10 bits per heavy atom. The quantitative estimate of drug-likeness (QED) is 0.818. The summed E-state index contributed by atoms with van der Waals surface area (Å²) in [6, 6.07) is 7.12. The van der Waals surface area contributed by atoms with Crippen LogP contribution < -0.4 is 5.32 Å². The Morgan fingerprint density at radius 2 is 1.81 bits per heavy atom. The number of rotatable bonds is 3. The highest BCUT2D eigenvalue weighted by molar-refractivity contribution is 5.32. The van der Waals surface area contributed by atoms with E-state index >= 15 is 0 Å². The van der Waals surface area contributed by atoms with E-state index in [1.807, 2.05) is 0 Å². The third-order valence-electron chi connectivity index (χ3n) is 5.64. The van der Waals surface area contributed by atoms with Gasteiger partial charge in [0.15, 0.2) is 0 Å². The highest BCUT2D eigenvalue weighted by Crippen LogP contribution is 2.46. The highest BCUT2D eigenvalue weighted by Gasteiger charge is 2.36. The summed E-state index contributed by atoms with van der Waals surface area (Å²) in [5.74, 6) is 2.35. The van der Waals surface area contributed by atoms with Crippen molar-refractivity contribution in [3.63, 3.8) is 0 Å². The highest BCUT2D eigenvalue weighted by atomic mass is 14.8. The van der Waals surface area contributed by atoms with E-state index in [4.69, 9.17) is 0 Å². The van der Waals surface area contributed by atoms with Gasteiger partial charge in [0.25, 0.3) is 0 Å². The predicted molar refractivity (Wildman–Crippen MR) is 92.9 cm³/mol. The molecule has 1 fully saturated rings. The molecular formula is C20H33N.